The number of carbonyl (C=O) groups excluding carboxylic acids is 1. The van der Waals surface area contributed by atoms with E-state index in [1.165, 1.54) is 18.1 Å². The molecule has 0 aliphatic carbocycles. The van der Waals surface area contributed by atoms with Crippen LogP contribution in [-0.4, -0.2) is 29.5 Å². The molecule has 134 valence electrons. The zero-order valence-electron chi connectivity index (χ0n) is 15.1. The number of benzene rings is 2. The first kappa shape index (κ1) is 15.9. The average Bonchev–Trinajstić information content (AvgIpc) is 3.12. The number of aromatic amines is 1. The smallest absolute Gasteiger partial charge is 0.336 e. The lowest BCUT2D eigenvalue weighted by molar-refractivity contribution is -0.136. The number of fused-ring (bicyclic) bond motifs is 5. The van der Waals surface area contributed by atoms with E-state index in [1.54, 1.807) is 0 Å². The van der Waals surface area contributed by atoms with Crippen LogP contribution in [0.25, 0.3) is 16.6 Å². The standard InChI is InChI=1S/C23H20N2O2/c1-27-23(26)20-16(15-7-3-2-4-8-15)11-13-25-14-12-18-17-9-5-6-10-19(17)24-21(18)22(20)25/h2-11,13,16,24H,12,14H2,1H3/t16-/m0/s1. The summed E-state index contributed by atoms with van der Waals surface area (Å²) in [5.74, 6) is -0.401. The molecule has 0 unspecified atom stereocenters. The predicted octanol–water partition coefficient (Wildman–Crippen LogP) is 4.22. The van der Waals surface area contributed by atoms with E-state index < -0.39 is 0 Å². The fraction of sp³-hybridized carbons (Fsp3) is 0.174. The van der Waals surface area contributed by atoms with E-state index in [2.05, 4.69) is 52.5 Å². The number of hydrogen-bond acceptors (Lipinski definition) is 3. The lowest BCUT2D eigenvalue weighted by Crippen LogP contribution is -2.31. The number of carbonyl (C=O) groups is 1. The van der Waals surface area contributed by atoms with Gasteiger partial charge in [0.15, 0.2) is 0 Å². The third kappa shape index (κ3) is 2.40. The van der Waals surface area contributed by atoms with E-state index in [-0.39, 0.29) is 11.9 Å². The number of aromatic nitrogens is 1. The normalized spacial score (nSPS) is 18.4. The van der Waals surface area contributed by atoms with Gasteiger partial charge in [-0.1, -0.05) is 54.6 Å². The van der Waals surface area contributed by atoms with Gasteiger partial charge in [0.25, 0.3) is 0 Å². The van der Waals surface area contributed by atoms with Crippen LogP contribution in [0.2, 0.25) is 0 Å². The van der Waals surface area contributed by atoms with E-state index in [9.17, 15) is 4.79 Å². The Bertz CT molecular complexity index is 1090. The Morgan fingerprint density at radius 3 is 2.70 bits per heavy atom. The van der Waals surface area contributed by atoms with Gasteiger partial charge in [-0.2, -0.15) is 0 Å². The average molecular weight is 356 g/mol. The number of hydrogen-bond donors (Lipinski definition) is 1. The van der Waals surface area contributed by atoms with Gasteiger partial charge in [-0.25, -0.2) is 4.79 Å². The van der Waals surface area contributed by atoms with Gasteiger partial charge in [-0.15, -0.1) is 0 Å². The molecule has 0 saturated heterocycles. The molecular weight excluding hydrogens is 336 g/mol. The first-order chi connectivity index (χ1) is 13.3. The van der Waals surface area contributed by atoms with Crippen molar-refractivity contribution in [3.8, 4) is 0 Å². The molecule has 2 aliphatic heterocycles. The van der Waals surface area contributed by atoms with E-state index in [0.29, 0.717) is 5.57 Å². The zero-order chi connectivity index (χ0) is 18.4. The van der Waals surface area contributed by atoms with Gasteiger partial charge in [-0.05, 0) is 23.6 Å². The fourth-order valence-electron chi connectivity index (χ4n) is 4.29. The summed E-state index contributed by atoms with van der Waals surface area (Å²) in [5, 5.41) is 1.23. The quantitative estimate of drug-likeness (QED) is 0.699. The molecule has 0 spiro atoms. The van der Waals surface area contributed by atoms with Gasteiger partial charge in [0, 0.05) is 29.6 Å². The Morgan fingerprint density at radius 1 is 1.11 bits per heavy atom. The Kier molecular flexibility index (Phi) is 3.64. The maximum atomic E-state index is 12.9. The summed E-state index contributed by atoms with van der Waals surface area (Å²) in [6.45, 7) is 0.850. The van der Waals surface area contributed by atoms with Crippen LogP contribution in [0, 0.1) is 0 Å². The zero-order valence-corrected chi connectivity index (χ0v) is 15.1. The summed E-state index contributed by atoms with van der Waals surface area (Å²) < 4.78 is 5.21. The highest BCUT2D eigenvalue weighted by Gasteiger charge is 2.35. The van der Waals surface area contributed by atoms with E-state index in [1.807, 2.05) is 24.3 Å². The Labute approximate surface area is 157 Å². The number of allylic oxidation sites excluding steroid dienone is 1. The number of rotatable bonds is 2. The number of nitrogens with zero attached hydrogens (tertiary/aromatic N) is 1. The highest BCUT2D eigenvalue weighted by molar-refractivity contribution is 6.02. The number of ether oxygens (including phenoxy) is 1. The molecular formula is C23H20N2O2. The number of methoxy groups -OCH3 is 1. The van der Waals surface area contributed by atoms with Gasteiger partial charge in [-0.3, -0.25) is 0 Å². The molecule has 27 heavy (non-hydrogen) atoms. The second-order valence-electron chi connectivity index (χ2n) is 6.95. The molecule has 0 saturated carbocycles. The number of H-pyrrole nitrogens is 1. The Hall–Kier alpha value is -3.27. The Balaban J connectivity index is 1.78. The molecule has 0 fully saturated rings. The molecule has 0 bridgehead atoms. The molecule has 1 N–H and O–H groups in total. The summed E-state index contributed by atoms with van der Waals surface area (Å²) in [6.07, 6.45) is 5.14. The molecule has 1 atom stereocenters. The minimum Gasteiger partial charge on any atom is -0.466 e. The number of para-hydroxylation sites is 1. The molecule has 2 aliphatic rings. The van der Waals surface area contributed by atoms with Crippen molar-refractivity contribution in [1.29, 1.82) is 0 Å². The van der Waals surface area contributed by atoms with E-state index >= 15 is 0 Å². The first-order valence-corrected chi connectivity index (χ1v) is 9.20. The van der Waals surface area contributed by atoms with Crippen LogP contribution in [0.1, 0.15) is 22.7 Å². The van der Waals surface area contributed by atoms with Crippen molar-refractivity contribution in [3.63, 3.8) is 0 Å². The highest BCUT2D eigenvalue weighted by atomic mass is 16.5. The molecule has 1 aromatic heterocycles. The van der Waals surface area contributed by atoms with Crippen molar-refractivity contribution in [2.75, 3.05) is 13.7 Å². The minimum atomic E-state index is -0.278. The molecule has 3 heterocycles. The van der Waals surface area contributed by atoms with Crippen LogP contribution in [0.15, 0.2) is 72.4 Å². The van der Waals surface area contributed by atoms with Crippen LogP contribution in [0.3, 0.4) is 0 Å². The summed E-state index contributed by atoms with van der Waals surface area (Å²) in [4.78, 5) is 18.6. The fourth-order valence-corrected chi connectivity index (χ4v) is 4.29. The predicted molar refractivity (Wildman–Crippen MR) is 106 cm³/mol. The molecule has 4 nitrogen and oxygen atoms in total. The molecule has 2 aromatic carbocycles. The van der Waals surface area contributed by atoms with E-state index in [0.717, 1.165) is 35.4 Å². The summed E-state index contributed by atoms with van der Waals surface area (Å²) in [7, 11) is 1.45. The third-order valence-electron chi connectivity index (χ3n) is 5.53. The maximum absolute atomic E-state index is 12.9. The van der Waals surface area contributed by atoms with Crippen molar-refractivity contribution in [2.24, 2.45) is 0 Å². The largest absolute Gasteiger partial charge is 0.466 e. The van der Waals surface area contributed by atoms with Crippen molar-refractivity contribution in [1.82, 2.24) is 9.88 Å². The van der Waals surface area contributed by atoms with Crippen molar-refractivity contribution in [2.45, 2.75) is 12.3 Å². The topological polar surface area (TPSA) is 45.3 Å². The van der Waals surface area contributed by atoms with E-state index in [4.69, 9.17) is 4.74 Å². The van der Waals surface area contributed by atoms with Crippen LogP contribution < -0.4 is 0 Å². The van der Waals surface area contributed by atoms with Gasteiger partial charge in [0.2, 0.25) is 0 Å². The first-order valence-electron chi connectivity index (χ1n) is 9.20. The lowest BCUT2D eigenvalue weighted by atomic mass is 9.84. The van der Waals surface area contributed by atoms with Gasteiger partial charge in [0.05, 0.1) is 24.1 Å². The number of nitrogens with one attached hydrogen (secondary N) is 1. The second-order valence-corrected chi connectivity index (χ2v) is 6.95. The molecule has 5 rings (SSSR count). The van der Waals surface area contributed by atoms with Gasteiger partial charge >= 0.3 is 5.97 Å². The summed E-state index contributed by atoms with van der Waals surface area (Å²) in [6, 6.07) is 18.4. The summed E-state index contributed by atoms with van der Waals surface area (Å²) in [5.41, 5.74) is 6.14. The SMILES string of the molecule is COC(=O)C1=C2c3[nH]c4ccccc4c3CCN2C=C[C@H]1c1ccccc1. The molecule has 4 heteroatoms. The molecule has 0 radical (unpaired) electrons. The summed E-state index contributed by atoms with van der Waals surface area (Å²) >= 11 is 0. The van der Waals surface area contributed by atoms with Crippen LogP contribution in [0.5, 0.6) is 0 Å². The van der Waals surface area contributed by atoms with Gasteiger partial charge < -0.3 is 14.6 Å². The molecule has 3 aromatic rings. The monoisotopic (exact) mass is 356 g/mol. The maximum Gasteiger partial charge on any atom is 0.336 e. The van der Waals surface area contributed by atoms with Crippen LogP contribution >= 0.6 is 0 Å². The van der Waals surface area contributed by atoms with Crippen LogP contribution in [0.4, 0.5) is 0 Å². The van der Waals surface area contributed by atoms with Crippen molar-refractivity contribution >= 4 is 22.6 Å². The number of esters is 1. The third-order valence-corrected chi connectivity index (χ3v) is 5.53. The van der Waals surface area contributed by atoms with Crippen molar-refractivity contribution < 1.29 is 9.53 Å². The minimum absolute atomic E-state index is 0.123. The Morgan fingerprint density at radius 2 is 1.89 bits per heavy atom. The van der Waals surface area contributed by atoms with Crippen LogP contribution in [-0.2, 0) is 16.0 Å². The molecule has 0 amide bonds. The van der Waals surface area contributed by atoms with Crippen molar-refractivity contribution in [3.05, 3.63) is 89.3 Å². The highest BCUT2D eigenvalue weighted by Crippen LogP contribution is 2.43. The lowest BCUT2D eigenvalue weighted by Gasteiger charge is -2.35. The van der Waals surface area contributed by atoms with Gasteiger partial charge in [0.1, 0.15) is 0 Å². The second kappa shape index (κ2) is 6.16.